The van der Waals surface area contributed by atoms with Crippen molar-refractivity contribution in [3.05, 3.63) is 0 Å². The zero-order chi connectivity index (χ0) is 9.53. The van der Waals surface area contributed by atoms with Crippen LogP contribution in [0.2, 0.25) is 0 Å². The Morgan fingerprint density at radius 1 is 1.46 bits per heavy atom. The van der Waals surface area contributed by atoms with E-state index in [1.165, 1.54) is 0 Å². The largest absolute Gasteiger partial charge is 0.380 e. The molecule has 2 aliphatic heterocycles. The van der Waals surface area contributed by atoms with Crippen molar-refractivity contribution in [2.45, 2.75) is 12.5 Å². The first-order chi connectivity index (χ1) is 6.02. The lowest BCUT2D eigenvalue weighted by Gasteiger charge is -2.40. The monoisotopic (exact) mass is 210 g/mol. The van der Waals surface area contributed by atoms with Crippen LogP contribution >= 0.6 is 0 Å². The van der Waals surface area contributed by atoms with Gasteiger partial charge in [-0.05, 0) is 6.42 Å². The maximum absolute atomic E-state index is 12.4. The molecule has 0 N–H and O–H groups in total. The average Bonchev–Trinajstić information content (AvgIpc) is 2.25. The predicted octanol–water partition coefficient (Wildman–Crippen LogP) is 0.0912. The van der Waals surface area contributed by atoms with Crippen LogP contribution in [0.4, 0.5) is 3.89 Å². The lowest BCUT2D eigenvalue weighted by molar-refractivity contribution is -0.138. The van der Waals surface area contributed by atoms with Gasteiger partial charge in [0.15, 0.2) is 0 Å². The van der Waals surface area contributed by atoms with Gasteiger partial charge in [0, 0.05) is 12.0 Å². The highest BCUT2D eigenvalue weighted by Crippen LogP contribution is 2.42. The predicted molar refractivity (Wildman–Crippen MR) is 42.5 cm³/mol. The number of ether oxygens (including phenoxy) is 2. The molecule has 2 heterocycles. The summed E-state index contributed by atoms with van der Waals surface area (Å²) in [5.74, 6) is -0.531. The molecule has 0 aromatic heterocycles. The molecular formula is C7H11FO4S. The second kappa shape index (κ2) is 2.90. The lowest BCUT2D eigenvalue weighted by atomic mass is 9.80. The van der Waals surface area contributed by atoms with Gasteiger partial charge in [-0.25, -0.2) is 0 Å². The van der Waals surface area contributed by atoms with Crippen LogP contribution in [-0.4, -0.2) is 40.1 Å². The first-order valence-corrected chi connectivity index (χ1v) is 5.69. The number of hydrogen-bond acceptors (Lipinski definition) is 4. The first kappa shape index (κ1) is 9.36. The van der Waals surface area contributed by atoms with E-state index in [1.807, 2.05) is 0 Å². The van der Waals surface area contributed by atoms with E-state index in [9.17, 15) is 12.3 Å². The normalized spacial score (nSPS) is 31.9. The third-order valence-corrected chi connectivity index (χ3v) is 3.43. The van der Waals surface area contributed by atoms with Gasteiger partial charge in [0.25, 0.3) is 0 Å². The van der Waals surface area contributed by atoms with Gasteiger partial charge in [-0.3, -0.25) is 0 Å². The molecule has 2 aliphatic rings. The van der Waals surface area contributed by atoms with Gasteiger partial charge in [0.2, 0.25) is 0 Å². The molecule has 0 aromatic rings. The van der Waals surface area contributed by atoms with Crippen molar-refractivity contribution in [2.24, 2.45) is 5.41 Å². The molecule has 2 saturated heterocycles. The Labute approximate surface area is 76.2 Å². The Morgan fingerprint density at radius 2 is 2.15 bits per heavy atom. The summed E-state index contributed by atoms with van der Waals surface area (Å²) in [4.78, 5) is 0. The molecule has 0 aromatic carbocycles. The summed E-state index contributed by atoms with van der Waals surface area (Å²) in [6, 6.07) is 0. The molecular weight excluding hydrogens is 199 g/mol. The summed E-state index contributed by atoms with van der Waals surface area (Å²) in [6.45, 7) is 1.49. The van der Waals surface area contributed by atoms with Crippen molar-refractivity contribution in [1.82, 2.24) is 0 Å². The minimum Gasteiger partial charge on any atom is -0.380 e. The summed E-state index contributed by atoms with van der Waals surface area (Å²) < 4.78 is 43.4. The Kier molecular flexibility index (Phi) is 2.08. The van der Waals surface area contributed by atoms with E-state index in [0.29, 0.717) is 19.8 Å². The highest BCUT2D eigenvalue weighted by atomic mass is 32.3. The number of hydrogen-bond donors (Lipinski definition) is 0. The number of rotatable bonds is 2. The highest BCUT2D eigenvalue weighted by molar-refractivity contribution is 7.86. The van der Waals surface area contributed by atoms with Gasteiger partial charge in [0.05, 0.1) is 19.3 Å². The Bertz CT molecular complexity index is 296. The van der Waals surface area contributed by atoms with E-state index in [0.717, 1.165) is 6.42 Å². The summed E-state index contributed by atoms with van der Waals surface area (Å²) in [5.41, 5.74) is -0.223. The molecule has 6 heteroatoms. The van der Waals surface area contributed by atoms with E-state index in [2.05, 4.69) is 0 Å². The Morgan fingerprint density at radius 3 is 2.62 bits per heavy atom. The summed E-state index contributed by atoms with van der Waals surface area (Å²) >= 11 is 0. The molecule has 0 radical (unpaired) electrons. The second-order valence-corrected chi connectivity index (χ2v) is 5.08. The Hall–Kier alpha value is -0.200. The summed E-state index contributed by atoms with van der Waals surface area (Å²) in [5, 5.41) is 0. The van der Waals surface area contributed by atoms with Crippen LogP contribution in [0.5, 0.6) is 0 Å². The SMILES string of the molecule is O=S(=O)(F)CC1OCCC12COC2. The molecule has 1 unspecified atom stereocenters. The molecule has 0 bridgehead atoms. The van der Waals surface area contributed by atoms with Crippen molar-refractivity contribution in [3.63, 3.8) is 0 Å². The molecule has 76 valence electrons. The van der Waals surface area contributed by atoms with Crippen LogP contribution in [0.25, 0.3) is 0 Å². The van der Waals surface area contributed by atoms with E-state index in [-0.39, 0.29) is 5.41 Å². The van der Waals surface area contributed by atoms with Crippen molar-refractivity contribution >= 4 is 10.2 Å². The molecule has 4 nitrogen and oxygen atoms in total. The second-order valence-electron chi connectivity index (χ2n) is 3.67. The van der Waals surface area contributed by atoms with Gasteiger partial charge in [-0.2, -0.15) is 8.42 Å². The summed E-state index contributed by atoms with van der Waals surface area (Å²) in [7, 11) is -4.44. The van der Waals surface area contributed by atoms with Gasteiger partial charge in [0.1, 0.15) is 5.75 Å². The molecule has 0 amide bonds. The van der Waals surface area contributed by atoms with Gasteiger partial charge in [-0.15, -0.1) is 3.89 Å². The van der Waals surface area contributed by atoms with Gasteiger partial charge >= 0.3 is 10.2 Å². The standard InChI is InChI=1S/C7H11FO4S/c8-13(9,10)3-6-7(1-2-12-6)4-11-5-7/h6H,1-5H2. The highest BCUT2D eigenvalue weighted by Gasteiger charge is 2.51. The molecule has 2 fully saturated rings. The maximum Gasteiger partial charge on any atom is 0.304 e. The van der Waals surface area contributed by atoms with E-state index >= 15 is 0 Å². The quantitative estimate of drug-likeness (QED) is 0.606. The minimum absolute atomic E-state index is 0.223. The third-order valence-electron chi connectivity index (χ3n) is 2.73. The zero-order valence-corrected chi connectivity index (χ0v) is 7.85. The molecule has 1 atom stereocenters. The van der Waals surface area contributed by atoms with Gasteiger partial charge in [-0.1, -0.05) is 0 Å². The Balaban J connectivity index is 2.06. The maximum atomic E-state index is 12.4. The van der Waals surface area contributed by atoms with E-state index in [4.69, 9.17) is 9.47 Å². The average molecular weight is 210 g/mol. The molecule has 0 aliphatic carbocycles. The molecule has 2 rings (SSSR count). The van der Waals surface area contributed by atoms with Crippen molar-refractivity contribution in [2.75, 3.05) is 25.6 Å². The third kappa shape index (κ3) is 1.70. The first-order valence-electron chi connectivity index (χ1n) is 4.14. The van der Waals surface area contributed by atoms with Crippen molar-refractivity contribution in [3.8, 4) is 0 Å². The van der Waals surface area contributed by atoms with Crippen LogP contribution in [0.15, 0.2) is 0 Å². The zero-order valence-electron chi connectivity index (χ0n) is 7.03. The minimum atomic E-state index is -4.44. The molecule has 1 spiro atoms. The van der Waals surface area contributed by atoms with Gasteiger partial charge < -0.3 is 9.47 Å². The lowest BCUT2D eigenvalue weighted by Crippen LogP contribution is -2.50. The smallest absolute Gasteiger partial charge is 0.304 e. The topological polar surface area (TPSA) is 52.6 Å². The summed E-state index contributed by atoms with van der Waals surface area (Å²) in [6.07, 6.45) is 0.254. The van der Waals surface area contributed by atoms with Crippen LogP contribution in [-0.2, 0) is 19.7 Å². The van der Waals surface area contributed by atoms with Crippen molar-refractivity contribution < 1.29 is 21.8 Å². The number of halogens is 1. The van der Waals surface area contributed by atoms with Crippen LogP contribution in [0.3, 0.4) is 0 Å². The van der Waals surface area contributed by atoms with Crippen molar-refractivity contribution in [1.29, 1.82) is 0 Å². The fraction of sp³-hybridized carbons (Fsp3) is 1.00. The molecule has 0 saturated carbocycles. The van der Waals surface area contributed by atoms with Crippen LogP contribution in [0.1, 0.15) is 6.42 Å². The van der Waals surface area contributed by atoms with E-state index < -0.39 is 22.1 Å². The molecule has 13 heavy (non-hydrogen) atoms. The van der Waals surface area contributed by atoms with E-state index in [1.54, 1.807) is 0 Å². The fourth-order valence-corrected chi connectivity index (χ4v) is 2.65. The van der Waals surface area contributed by atoms with Crippen LogP contribution < -0.4 is 0 Å². The van der Waals surface area contributed by atoms with Crippen LogP contribution in [0, 0.1) is 5.41 Å². The fourth-order valence-electron chi connectivity index (χ4n) is 1.84.